The molecule has 3 heterocycles. The average molecular weight is 417 g/mol. The van der Waals surface area contributed by atoms with E-state index >= 15 is 0 Å². The first-order valence-electron chi connectivity index (χ1n) is 9.29. The predicted octanol–water partition coefficient (Wildman–Crippen LogP) is 3.19. The topological polar surface area (TPSA) is 58.4 Å². The van der Waals surface area contributed by atoms with Crippen LogP contribution < -0.4 is 0 Å². The van der Waals surface area contributed by atoms with Crippen molar-refractivity contribution in [3.63, 3.8) is 0 Å². The van der Waals surface area contributed by atoms with Gasteiger partial charge in [0.25, 0.3) is 0 Å². The molecule has 0 atom stereocenters. The first kappa shape index (κ1) is 19.3. The van der Waals surface area contributed by atoms with Crippen LogP contribution in [0.15, 0.2) is 52.2 Å². The van der Waals surface area contributed by atoms with Gasteiger partial charge in [-0.3, -0.25) is 9.58 Å². The lowest BCUT2D eigenvalue weighted by atomic mass is 10.2. The van der Waals surface area contributed by atoms with Crippen LogP contribution in [0.4, 0.5) is 0 Å². The highest BCUT2D eigenvalue weighted by Crippen LogP contribution is 2.23. The molecular formula is C20H24N4O2S2. The number of sulfonamides is 1. The Morgan fingerprint density at radius 2 is 1.86 bits per heavy atom. The number of aryl methyl sites for hydroxylation is 2. The maximum atomic E-state index is 13.1. The zero-order chi connectivity index (χ0) is 19.7. The average Bonchev–Trinajstić information content (AvgIpc) is 3.36. The first-order chi connectivity index (χ1) is 13.4. The van der Waals surface area contributed by atoms with Crippen LogP contribution in [0.3, 0.4) is 0 Å². The molecule has 3 aromatic rings. The molecule has 28 heavy (non-hydrogen) atoms. The third-order valence-electron chi connectivity index (χ3n) is 5.10. The number of rotatable bonds is 5. The van der Waals surface area contributed by atoms with Crippen LogP contribution in [0.5, 0.6) is 0 Å². The Labute approximate surface area is 170 Å². The van der Waals surface area contributed by atoms with Gasteiger partial charge in [-0.1, -0.05) is 12.1 Å². The summed E-state index contributed by atoms with van der Waals surface area (Å²) in [5.74, 6) is 0. The second-order valence-corrected chi connectivity index (χ2v) is 9.87. The predicted molar refractivity (Wildman–Crippen MR) is 112 cm³/mol. The summed E-state index contributed by atoms with van der Waals surface area (Å²) in [6, 6.07) is 9.67. The lowest BCUT2D eigenvalue weighted by Gasteiger charge is -2.34. The van der Waals surface area contributed by atoms with Crippen molar-refractivity contribution in [1.29, 1.82) is 0 Å². The Morgan fingerprint density at radius 1 is 1.07 bits per heavy atom. The molecule has 4 rings (SSSR count). The van der Waals surface area contributed by atoms with Gasteiger partial charge in [0.05, 0.1) is 17.3 Å². The standard InChI is InChI=1S/C20H24N4O2S2/c1-16-3-4-17(2)20(13-16)28(25,26)24-10-8-22(9-11-24)15-23-7-5-19(21-23)18-6-12-27-14-18/h3-7,12-14H,8-11,15H2,1-2H3. The Bertz CT molecular complexity index is 1050. The fourth-order valence-corrected chi connectivity index (χ4v) is 5.83. The molecule has 0 unspecified atom stereocenters. The summed E-state index contributed by atoms with van der Waals surface area (Å²) >= 11 is 1.66. The molecule has 2 aromatic heterocycles. The highest BCUT2D eigenvalue weighted by molar-refractivity contribution is 7.89. The number of hydrogen-bond acceptors (Lipinski definition) is 5. The smallest absolute Gasteiger partial charge is 0.243 e. The third kappa shape index (κ3) is 3.91. The van der Waals surface area contributed by atoms with E-state index in [0.29, 0.717) is 37.7 Å². The van der Waals surface area contributed by atoms with Crippen molar-refractivity contribution in [2.75, 3.05) is 26.2 Å². The summed E-state index contributed by atoms with van der Waals surface area (Å²) in [7, 11) is -3.45. The number of nitrogens with zero attached hydrogens (tertiary/aromatic N) is 4. The van der Waals surface area contributed by atoms with Gasteiger partial charge in [-0.15, -0.1) is 0 Å². The Kier molecular flexibility index (Phi) is 5.37. The molecule has 1 fully saturated rings. The summed E-state index contributed by atoms with van der Waals surface area (Å²) in [5.41, 5.74) is 3.86. The van der Waals surface area contributed by atoms with Crippen molar-refractivity contribution < 1.29 is 8.42 Å². The monoisotopic (exact) mass is 416 g/mol. The minimum atomic E-state index is -3.45. The molecule has 0 spiro atoms. The van der Waals surface area contributed by atoms with Crippen molar-refractivity contribution in [3.8, 4) is 11.3 Å². The van der Waals surface area contributed by atoms with Crippen LogP contribution in [0.1, 0.15) is 11.1 Å². The maximum absolute atomic E-state index is 13.1. The van der Waals surface area contributed by atoms with Gasteiger partial charge in [0.1, 0.15) is 0 Å². The number of piperazine rings is 1. The van der Waals surface area contributed by atoms with Gasteiger partial charge < -0.3 is 0 Å². The minimum absolute atomic E-state index is 0.424. The zero-order valence-corrected chi connectivity index (χ0v) is 17.7. The lowest BCUT2D eigenvalue weighted by Crippen LogP contribution is -2.49. The van der Waals surface area contributed by atoms with Crippen LogP contribution in [0.2, 0.25) is 0 Å². The number of hydrogen-bond donors (Lipinski definition) is 0. The summed E-state index contributed by atoms with van der Waals surface area (Å²) in [4.78, 5) is 2.66. The Hall–Kier alpha value is -2.00. The normalized spacial score (nSPS) is 16.5. The molecule has 0 saturated carbocycles. The van der Waals surface area contributed by atoms with E-state index in [2.05, 4.69) is 21.4 Å². The Morgan fingerprint density at radius 3 is 2.57 bits per heavy atom. The van der Waals surface area contributed by atoms with Crippen molar-refractivity contribution in [3.05, 3.63) is 58.4 Å². The molecule has 1 saturated heterocycles. The van der Waals surface area contributed by atoms with Gasteiger partial charge in [0.2, 0.25) is 10.0 Å². The molecule has 0 aliphatic carbocycles. The molecular weight excluding hydrogens is 392 g/mol. The van der Waals surface area contributed by atoms with E-state index in [4.69, 9.17) is 0 Å². The van der Waals surface area contributed by atoms with Gasteiger partial charge >= 0.3 is 0 Å². The van der Waals surface area contributed by atoms with E-state index in [9.17, 15) is 8.42 Å². The molecule has 148 valence electrons. The van der Waals surface area contributed by atoms with E-state index in [1.54, 1.807) is 21.7 Å². The van der Waals surface area contributed by atoms with Crippen LogP contribution in [-0.2, 0) is 16.7 Å². The van der Waals surface area contributed by atoms with E-state index in [1.807, 2.05) is 48.3 Å². The molecule has 1 aliphatic rings. The summed E-state index contributed by atoms with van der Waals surface area (Å²) in [5, 5.41) is 8.77. The zero-order valence-electron chi connectivity index (χ0n) is 16.1. The van der Waals surface area contributed by atoms with Gasteiger partial charge in [-0.2, -0.15) is 20.7 Å². The molecule has 0 amide bonds. The van der Waals surface area contributed by atoms with E-state index < -0.39 is 10.0 Å². The fourth-order valence-electron chi connectivity index (χ4n) is 3.45. The number of aromatic nitrogens is 2. The minimum Gasteiger partial charge on any atom is -0.282 e. The fraction of sp³-hybridized carbons (Fsp3) is 0.350. The summed E-state index contributed by atoms with van der Waals surface area (Å²) < 4.78 is 29.6. The molecule has 0 N–H and O–H groups in total. The summed E-state index contributed by atoms with van der Waals surface area (Å²) in [6.45, 7) is 6.82. The molecule has 8 heteroatoms. The second-order valence-electron chi connectivity index (χ2n) is 7.18. The largest absolute Gasteiger partial charge is 0.282 e. The van der Waals surface area contributed by atoms with Gasteiger partial charge in [0, 0.05) is 43.3 Å². The van der Waals surface area contributed by atoms with Crippen molar-refractivity contribution in [2.45, 2.75) is 25.4 Å². The van der Waals surface area contributed by atoms with Gasteiger partial charge in [0.15, 0.2) is 0 Å². The Balaban J connectivity index is 1.40. The third-order valence-corrected chi connectivity index (χ3v) is 7.82. The van der Waals surface area contributed by atoms with Crippen LogP contribution >= 0.6 is 11.3 Å². The van der Waals surface area contributed by atoms with Crippen molar-refractivity contribution >= 4 is 21.4 Å². The van der Waals surface area contributed by atoms with Gasteiger partial charge in [-0.25, -0.2) is 8.42 Å². The number of benzene rings is 1. The SMILES string of the molecule is Cc1ccc(C)c(S(=O)(=O)N2CCN(Cn3ccc(-c4ccsc4)n3)CC2)c1. The van der Waals surface area contributed by atoms with Gasteiger partial charge in [-0.05, 0) is 48.6 Å². The maximum Gasteiger partial charge on any atom is 0.243 e. The molecule has 1 aliphatic heterocycles. The first-order valence-corrected chi connectivity index (χ1v) is 11.7. The van der Waals surface area contributed by atoms with Crippen LogP contribution in [-0.4, -0.2) is 53.6 Å². The van der Waals surface area contributed by atoms with Crippen LogP contribution in [0, 0.1) is 13.8 Å². The molecule has 6 nitrogen and oxygen atoms in total. The van der Waals surface area contributed by atoms with E-state index in [1.165, 1.54) is 0 Å². The summed E-state index contributed by atoms with van der Waals surface area (Å²) in [6.07, 6.45) is 1.98. The molecule has 0 radical (unpaired) electrons. The quantitative estimate of drug-likeness (QED) is 0.641. The highest BCUT2D eigenvalue weighted by Gasteiger charge is 2.29. The van der Waals surface area contributed by atoms with Crippen molar-refractivity contribution in [2.24, 2.45) is 0 Å². The lowest BCUT2D eigenvalue weighted by molar-refractivity contribution is 0.146. The second kappa shape index (κ2) is 7.79. The van der Waals surface area contributed by atoms with Crippen molar-refractivity contribution in [1.82, 2.24) is 19.0 Å². The van der Waals surface area contributed by atoms with Crippen LogP contribution in [0.25, 0.3) is 11.3 Å². The molecule has 1 aromatic carbocycles. The number of thiophene rings is 1. The van der Waals surface area contributed by atoms with E-state index in [-0.39, 0.29) is 0 Å². The highest BCUT2D eigenvalue weighted by atomic mass is 32.2. The van der Waals surface area contributed by atoms with E-state index in [0.717, 1.165) is 22.4 Å². The molecule has 0 bridgehead atoms.